The first-order chi connectivity index (χ1) is 13.6. The van der Waals surface area contributed by atoms with E-state index in [1.165, 1.54) is 38.8 Å². The van der Waals surface area contributed by atoms with Crippen molar-refractivity contribution in [3.8, 4) is 5.75 Å². The maximum atomic E-state index is 13.0. The molecule has 1 saturated carbocycles. The molecular formula is C23H36N2O3. The highest BCUT2D eigenvalue weighted by Crippen LogP contribution is 2.36. The van der Waals surface area contributed by atoms with Gasteiger partial charge in [0.2, 0.25) is 0 Å². The van der Waals surface area contributed by atoms with Crippen molar-refractivity contribution in [1.29, 1.82) is 0 Å². The predicted octanol–water partition coefficient (Wildman–Crippen LogP) is 4.48. The van der Waals surface area contributed by atoms with Crippen LogP contribution in [-0.2, 0) is 9.53 Å². The summed E-state index contributed by atoms with van der Waals surface area (Å²) >= 11 is 0. The molecular weight excluding hydrogens is 352 g/mol. The molecule has 2 atom stereocenters. The number of anilines is 1. The lowest BCUT2D eigenvalue weighted by Gasteiger charge is -2.38. The first-order valence-electron chi connectivity index (χ1n) is 11.0. The van der Waals surface area contributed by atoms with Gasteiger partial charge in [-0.2, -0.15) is 0 Å². The molecule has 1 aliphatic heterocycles. The summed E-state index contributed by atoms with van der Waals surface area (Å²) in [5.41, 5.74) is 0.112. The summed E-state index contributed by atoms with van der Waals surface area (Å²) in [6.07, 6.45) is 7.77. The molecule has 0 bridgehead atoms. The number of hydrogen-bond acceptors (Lipinski definition) is 4. The van der Waals surface area contributed by atoms with E-state index in [1.807, 2.05) is 31.2 Å². The first kappa shape index (κ1) is 21.1. The predicted molar refractivity (Wildman–Crippen MR) is 113 cm³/mol. The second-order valence-corrected chi connectivity index (χ2v) is 8.36. The standard InChI is InChI=1S/C23H36N2O3/c1-3-28-23(13-7-8-19(2)18-23)22(26)24-20-9-11-21(12-10-20)27-17-16-25-14-5-4-6-15-25/h9-12,19H,3-8,13-18H2,1-2H3,(H,24,26)/t19-,23+/m1/s1. The van der Waals surface area contributed by atoms with Crippen LogP contribution in [0.4, 0.5) is 5.69 Å². The Morgan fingerprint density at radius 3 is 2.61 bits per heavy atom. The van der Waals surface area contributed by atoms with Gasteiger partial charge in [0.1, 0.15) is 18.0 Å². The molecule has 5 nitrogen and oxygen atoms in total. The van der Waals surface area contributed by atoms with Gasteiger partial charge in [-0.15, -0.1) is 0 Å². The van der Waals surface area contributed by atoms with Gasteiger partial charge in [-0.25, -0.2) is 0 Å². The molecule has 0 aromatic heterocycles. The van der Waals surface area contributed by atoms with E-state index in [4.69, 9.17) is 9.47 Å². The molecule has 156 valence electrons. The molecule has 1 aromatic carbocycles. The summed E-state index contributed by atoms with van der Waals surface area (Å²) in [5.74, 6) is 1.35. The third-order valence-corrected chi connectivity index (χ3v) is 6.03. The van der Waals surface area contributed by atoms with Crippen molar-refractivity contribution in [2.24, 2.45) is 5.92 Å². The van der Waals surface area contributed by atoms with Crippen LogP contribution in [0.2, 0.25) is 0 Å². The number of nitrogens with one attached hydrogen (secondary N) is 1. The minimum atomic E-state index is -0.684. The van der Waals surface area contributed by atoms with E-state index in [0.717, 1.165) is 37.2 Å². The van der Waals surface area contributed by atoms with Gasteiger partial charge >= 0.3 is 0 Å². The van der Waals surface area contributed by atoms with E-state index < -0.39 is 5.60 Å². The monoisotopic (exact) mass is 388 g/mol. The third-order valence-electron chi connectivity index (χ3n) is 6.03. The molecule has 1 aliphatic carbocycles. The quantitative estimate of drug-likeness (QED) is 0.714. The summed E-state index contributed by atoms with van der Waals surface area (Å²) in [4.78, 5) is 15.5. The Morgan fingerprint density at radius 2 is 1.93 bits per heavy atom. The van der Waals surface area contributed by atoms with Gasteiger partial charge in [-0.1, -0.05) is 19.8 Å². The smallest absolute Gasteiger partial charge is 0.256 e. The lowest BCUT2D eigenvalue weighted by Crippen LogP contribution is -2.48. The summed E-state index contributed by atoms with van der Waals surface area (Å²) in [7, 11) is 0. The van der Waals surface area contributed by atoms with Gasteiger partial charge in [0.05, 0.1) is 0 Å². The molecule has 5 heteroatoms. The van der Waals surface area contributed by atoms with Crippen LogP contribution in [0.25, 0.3) is 0 Å². The molecule has 0 unspecified atom stereocenters. The largest absolute Gasteiger partial charge is 0.492 e. The Balaban J connectivity index is 1.50. The maximum Gasteiger partial charge on any atom is 0.256 e. The Labute approximate surface area is 169 Å². The molecule has 1 N–H and O–H groups in total. The number of piperidine rings is 1. The van der Waals surface area contributed by atoms with E-state index >= 15 is 0 Å². The lowest BCUT2D eigenvalue weighted by molar-refractivity contribution is -0.147. The van der Waals surface area contributed by atoms with Gasteiger partial charge in [0.15, 0.2) is 0 Å². The highest BCUT2D eigenvalue weighted by atomic mass is 16.5. The first-order valence-corrected chi connectivity index (χ1v) is 11.0. The summed E-state index contributed by atoms with van der Waals surface area (Å²) in [6, 6.07) is 7.70. The van der Waals surface area contributed by atoms with Gasteiger partial charge in [0.25, 0.3) is 5.91 Å². The van der Waals surface area contributed by atoms with E-state index in [-0.39, 0.29) is 5.91 Å². The van der Waals surface area contributed by atoms with Crippen LogP contribution in [0.3, 0.4) is 0 Å². The fraction of sp³-hybridized carbons (Fsp3) is 0.696. The Kier molecular flexibility index (Phi) is 7.74. The molecule has 28 heavy (non-hydrogen) atoms. The van der Waals surface area contributed by atoms with E-state index in [2.05, 4.69) is 17.1 Å². The van der Waals surface area contributed by atoms with Crippen LogP contribution in [0.5, 0.6) is 5.75 Å². The highest BCUT2D eigenvalue weighted by molar-refractivity contribution is 5.97. The number of rotatable bonds is 8. The Morgan fingerprint density at radius 1 is 1.18 bits per heavy atom. The molecule has 1 amide bonds. The zero-order valence-electron chi connectivity index (χ0n) is 17.5. The van der Waals surface area contributed by atoms with Crippen LogP contribution in [0.15, 0.2) is 24.3 Å². The highest BCUT2D eigenvalue weighted by Gasteiger charge is 2.42. The van der Waals surface area contributed by atoms with Crippen LogP contribution in [0.1, 0.15) is 58.8 Å². The van der Waals surface area contributed by atoms with Crippen molar-refractivity contribution < 1.29 is 14.3 Å². The van der Waals surface area contributed by atoms with Gasteiger partial charge in [-0.05, 0) is 82.3 Å². The van der Waals surface area contributed by atoms with Crippen molar-refractivity contribution in [2.45, 2.75) is 64.4 Å². The zero-order chi connectivity index (χ0) is 19.8. The van der Waals surface area contributed by atoms with Gasteiger partial charge < -0.3 is 14.8 Å². The zero-order valence-corrected chi connectivity index (χ0v) is 17.5. The number of carbonyl (C=O) groups is 1. The summed E-state index contributed by atoms with van der Waals surface area (Å²) < 4.78 is 11.8. The van der Waals surface area contributed by atoms with E-state index in [1.54, 1.807) is 0 Å². The number of amides is 1. The van der Waals surface area contributed by atoms with Gasteiger partial charge in [-0.3, -0.25) is 9.69 Å². The van der Waals surface area contributed by atoms with Crippen molar-refractivity contribution in [2.75, 3.05) is 38.2 Å². The molecule has 0 radical (unpaired) electrons. The van der Waals surface area contributed by atoms with Crippen molar-refractivity contribution in [3.05, 3.63) is 24.3 Å². The summed E-state index contributed by atoms with van der Waals surface area (Å²) in [6.45, 7) is 8.79. The minimum absolute atomic E-state index is 0.0142. The molecule has 2 fully saturated rings. The second kappa shape index (κ2) is 10.3. The maximum absolute atomic E-state index is 13.0. The molecule has 1 heterocycles. The molecule has 0 spiro atoms. The number of carbonyl (C=O) groups excluding carboxylic acids is 1. The molecule has 1 aromatic rings. The van der Waals surface area contributed by atoms with Crippen LogP contribution in [0, 0.1) is 5.92 Å². The number of benzene rings is 1. The van der Waals surface area contributed by atoms with Crippen LogP contribution >= 0.6 is 0 Å². The Hall–Kier alpha value is -1.59. The lowest BCUT2D eigenvalue weighted by atomic mass is 9.78. The van der Waals surface area contributed by atoms with Crippen LogP contribution in [-0.4, -0.2) is 49.3 Å². The van der Waals surface area contributed by atoms with Crippen molar-refractivity contribution >= 4 is 11.6 Å². The van der Waals surface area contributed by atoms with E-state index in [9.17, 15) is 4.79 Å². The minimum Gasteiger partial charge on any atom is -0.492 e. The molecule has 2 aliphatic rings. The second-order valence-electron chi connectivity index (χ2n) is 8.36. The SMILES string of the molecule is CCO[C@@]1(C(=O)Nc2ccc(OCCN3CCCCC3)cc2)CCC[C@@H](C)C1. The number of ether oxygens (including phenoxy) is 2. The third kappa shape index (κ3) is 5.71. The Bertz CT molecular complexity index is 609. The fourth-order valence-electron chi connectivity index (χ4n) is 4.54. The number of hydrogen-bond donors (Lipinski definition) is 1. The molecule has 1 saturated heterocycles. The van der Waals surface area contributed by atoms with E-state index in [0.29, 0.717) is 19.1 Å². The van der Waals surface area contributed by atoms with Gasteiger partial charge in [0, 0.05) is 18.8 Å². The number of nitrogens with zero attached hydrogens (tertiary/aromatic N) is 1. The van der Waals surface area contributed by atoms with Crippen molar-refractivity contribution in [1.82, 2.24) is 4.90 Å². The molecule has 3 rings (SSSR count). The van der Waals surface area contributed by atoms with Crippen LogP contribution < -0.4 is 10.1 Å². The average Bonchev–Trinajstić information content (AvgIpc) is 2.70. The topological polar surface area (TPSA) is 50.8 Å². The average molecular weight is 389 g/mol. The number of likely N-dealkylation sites (tertiary alicyclic amines) is 1. The fourth-order valence-corrected chi connectivity index (χ4v) is 4.54. The normalized spacial score (nSPS) is 26.0. The summed E-state index contributed by atoms with van der Waals surface area (Å²) in [5, 5.41) is 3.07. The van der Waals surface area contributed by atoms with Crippen molar-refractivity contribution in [3.63, 3.8) is 0 Å².